The van der Waals surface area contributed by atoms with Gasteiger partial charge in [-0.05, 0) is 23.4 Å². The van der Waals surface area contributed by atoms with E-state index in [9.17, 15) is 9.18 Å². The number of amidine groups is 1. The molecule has 1 aromatic carbocycles. The van der Waals surface area contributed by atoms with Gasteiger partial charge in [-0.25, -0.2) is 4.39 Å². The molecule has 96 valence electrons. The molecular formula is C13H15FN2OS. The van der Waals surface area contributed by atoms with Gasteiger partial charge in [0.15, 0.2) is 5.17 Å². The highest BCUT2D eigenvalue weighted by molar-refractivity contribution is 8.13. The third-order valence-electron chi connectivity index (χ3n) is 2.64. The summed E-state index contributed by atoms with van der Waals surface area (Å²) >= 11 is 1.58. The molecular weight excluding hydrogens is 251 g/mol. The molecule has 2 rings (SSSR count). The van der Waals surface area contributed by atoms with Crippen LogP contribution in [0.2, 0.25) is 0 Å². The standard InChI is InChI=1S/C13H15FN2OS/c1-2-18-13-15-7-8-16(13)12(17)9-10-3-5-11(14)6-4-10/h3-6H,2,7-9H2,1H3. The van der Waals surface area contributed by atoms with E-state index in [0.717, 1.165) is 16.5 Å². The molecule has 1 amide bonds. The highest BCUT2D eigenvalue weighted by Crippen LogP contribution is 2.15. The number of halogens is 1. The zero-order chi connectivity index (χ0) is 13.0. The van der Waals surface area contributed by atoms with E-state index in [1.807, 2.05) is 6.92 Å². The van der Waals surface area contributed by atoms with Gasteiger partial charge in [-0.2, -0.15) is 0 Å². The molecule has 0 spiro atoms. The van der Waals surface area contributed by atoms with Crippen molar-refractivity contribution in [1.29, 1.82) is 0 Å². The summed E-state index contributed by atoms with van der Waals surface area (Å²) in [5.41, 5.74) is 0.828. The predicted molar refractivity (Wildman–Crippen MR) is 72.3 cm³/mol. The minimum atomic E-state index is -0.281. The number of carbonyl (C=O) groups excluding carboxylic acids is 1. The lowest BCUT2D eigenvalue weighted by Crippen LogP contribution is -2.34. The van der Waals surface area contributed by atoms with Crippen molar-refractivity contribution < 1.29 is 9.18 Å². The van der Waals surface area contributed by atoms with Crippen molar-refractivity contribution in [1.82, 2.24) is 4.90 Å². The second kappa shape index (κ2) is 6.00. The first kappa shape index (κ1) is 13.1. The van der Waals surface area contributed by atoms with Crippen molar-refractivity contribution in [3.8, 4) is 0 Å². The average molecular weight is 266 g/mol. The van der Waals surface area contributed by atoms with Crippen molar-refractivity contribution in [2.24, 2.45) is 4.99 Å². The fraction of sp³-hybridized carbons (Fsp3) is 0.385. The fourth-order valence-electron chi connectivity index (χ4n) is 1.78. The molecule has 0 fully saturated rings. The van der Waals surface area contributed by atoms with Crippen LogP contribution in [-0.2, 0) is 11.2 Å². The van der Waals surface area contributed by atoms with E-state index in [-0.39, 0.29) is 11.7 Å². The molecule has 0 atom stereocenters. The fourth-order valence-corrected chi connectivity index (χ4v) is 2.57. The number of hydrogen-bond donors (Lipinski definition) is 0. The Morgan fingerprint density at radius 3 is 2.83 bits per heavy atom. The Kier molecular flexibility index (Phi) is 4.36. The number of nitrogens with zero attached hydrogens (tertiary/aromatic N) is 2. The summed E-state index contributed by atoms with van der Waals surface area (Å²) in [5.74, 6) is 0.647. The summed E-state index contributed by atoms with van der Waals surface area (Å²) in [6.45, 7) is 3.37. The average Bonchev–Trinajstić information content (AvgIpc) is 2.81. The molecule has 0 radical (unpaired) electrons. The van der Waals surface area contributed by atoms with E-state index in [0.29, 0.717) is 19.5 Å². The van der Waals surface area contributed by atoms with E-state index < -0.39 is 0 Å². The Balaban J connectivity index is 1.99. The number of benzene rings is 1. The van der Waals surface area contributed by atoms with Crippen LogP contribution in [0.5, 0.6) is 0 Å². The van der Waals surface area contributed by atoms with Crippen LogP contribution in [0, 0.1) is 5.82 Å². The van der Waals surface area contributed by atoms with Crippen molar-refractivity contribution in [2.45, 2.75) is 13.3 Å². The highest BCUT2D eigenvalue weighted by atomic mass is 32.2. The van der Waals surface area contributed by atoms with Gasteiger partial charge in [0.1, 0.15) is 5.82 Å². The molecule has 0 bridgehead atoms. The topological polar surface area (TPSA) is 32.7 Å². The van der Waals surface area contributed by atoms with Crippen LogP contribution < -0.4 is 0 Å². The van der Waals surface area contributed by atoms with Crippen LogP contribution in [0.3, 0.4) is 0 Å². The molecule has 0 aliphatic carbocycles. The Morgan fingerprint density at radius 1 is 1.44 bits per heavy atom. The third-order valence-corrected chi connectivity index (χ3v) is 3.54. The Bertz CT molecular complexity index is 459. The van der Waals surface area contributed by atoms with Crippen molar-refractivity contribution in [3.63, 3.8) is 0 Å². The van der Waals surface area contributed by atoms with Gasteiger partial charge in [-0.1, -0.05) is 30.8 Å². The lowest BCUT2D eigenvalue weighted by molar-refractivity contribution is -0.126. The maximum Gasteiger partial charge on any atom is 0.233 e. The molecule has 1 aliphatic rings. The zero-order valence-corrected chi connectivity index (χ0v) is 11.0. The molecule has 1 aromatic rings. The van der Waals surface area contributed by atoms with Gasteiger partial charge in [0.2, 0.25) is 5.91 Å². The quantitative estimate of drug-likeness (QED) is 0.841. The van der Waals surface area contributed by atoms with E-state index in [1.165, 1.54) is 12.1 Å². The van der Waals surface area contributed by atoms with Crippen LogP contribution in [0.1, 0.15) is 12.5 Å². The Hall–Kier alpha value is -1.36. The first-order valence-corrected chi connectivity index (χ1v) is 6.91. The monoisotopic (exact) mass is 266 g/mol. The molecule has 0 saturated heterocycles. The maximum atomic E-state index is 12.8. The number of hydrogen-bond acceptors (Lipinski definition) is 3. The van der Waals surface area contributed by atoms with Crippen LogP contribution in [0.25, 0.3) is 0 Å². The number of thioether (sulfide) groups is 1. The first-order valence-electron chi connectivity index (χ1n) is 5.92. The second-order valence-corrected chi connectivity index (χ2v) is 5.18. The Labute approximate surface area is 110 Å². The van der Waals surface area contributed by atoms with E-state index in [1.54, 1.807) is 28.8 Å². The van der Waals surface area contributed by atoms with Gasteiger partial charge in [-0.15, -0.1) is 0 Å². The molecule has 3 nitrogen and oxygen atoms in total. The summed E-state index contributed by atoms with van der Waals surface area (Å²) in [7, 11) is 0. The normalized spacial score (nSPS) is 14.8. The molecule has 5 heteroatoms. The van der Waals surface area contributed by atoms with Gasteiger partial charge in [-0.3, -0.25) is 14.7 Å². The van der Waals surface area contributed by atoms with E-state index in [4.69, 9.17) is 0 Å². The lowest BCUT2D eigenvalue weighted by atomic mass is 10.1. The number of aliphatic imine (C=N–C) groups is 1. The van der Waals surface area contributed by atoms with Crippen molar-refractivity contribution in [2.75, 3.05) is 18.8 Å². The summed E-state index contributed by atoms with van der Waals surface area (Å²) in [4.78, 5) is 18.2. The SMILES string of the molecule is CCSC1=NCCN1C(=O)Cc1ccc(F)cc1. The van der Waals surface area contributed by atoms with E-state index >= 15 is 0 Å². The summed E-state index contributed by atoms with van der Waals surface area (Å²) < 4.78 is 12.8. The molecule has 0 N–H and O–H groups in total. The summed E-state index contributed by atoms with van der Waals surface area (Å²) in [6.07, 6.45) is 0.295. The Morgan fingerprint density at radius 2 is 2.17 bits per heavy atom. The largest absolute Gasteiger partial charge is 0.289 e. The van der Waals surface area contributed by atoms with Crippen LogP contribution in [-0.4, -0.2) is 34.8 Å². The van der Waals surface area contributed by atoms with Crippen molar-refractivity contribution >= 4 is 22.8 Å². The van der Waals surface area contributed by atoms with Gasteiger partial charge in [0.25, 0.3) is 0 Å². The highest BCUT2D eigenvalue weighted by Gasteiger charge is 2.23. The third kappa shape index (κ3) is 3.10. The number of amides is 1. The van der Waals surface area contributed by atoms with Gasteiger partial charge in [0.05, 0.1) is 13.0 Å². The first-order chi connectivity index (χ1) is 8.70. The molecule has 0 unspecified atom stereocenters. The van der Waals surface area contributed by atoms with Crippen LogP contribution in [0.4, 0.5) is 4.39 Å². The lowest BCUT2D eigenvalue weighted by Gasteiger charge is -2.17. The summed E-state index contributed by atoms with van der Waals surface area (Å²) in [5, 5.41) is 0.810. The number of rotatable bonds is 3. The minimum Gasteiger partial charge on any atom is -0.289 e. The van der Waals surface area contributed by atoms with E-state index in [2.05, 4.69) is 4.99 Å². The molecule has 0 aromatic heterocycles. The molecule has 18 heavy (non-hydrogen) atoms. The van der Waals surface area contributed by atoms with Gasteiger partial charge < -0.3 is 0 Å². The van der Waals surface area contributed by atoms with Gasteiger partial charge >= 0.3 is 0 Å². The van der Waals surface area contributed by atoms with Crippen LogP contribution >= 0.6 is 11.8 Å². The minimum absolute atomic E-state index is 0.0267. The maximum absolute atomic E-state index is 12.8. The zero-order valence-electron chi connectivity index (χ0n) is 10.2. The molecule has 1 aliphatic heterocycles. The van der Waals surface area contributed by atoms with Gasteiger partial charge in [0, 0.05) is 6.54 Å². The second-order valence-electron chi connectivity index (χ2n) is 3.95. The van der Waals surface area contributed by atoms with Crippen molar-refractivity contribution in [3.05, 3.63) is 35.6 Å². The summed E-state index contributed by atoms with van der Waals surface area (Å²) in [6, 6.07) is 6.05. The predicted octanol–water partition coefficient (Wildman–Crippen LogP) is 2.32. The molecule has 1 heterocycles. The van der Waals surface area contributed by atoms with Crippen LogP contribution in [0.15, 0.2) is 29.3 Å². The molecule has 0 saturated carbocycles. The number of carbonyl (C=O) groups is 1. The smallest absolute Gasteiger partial charge is 0.233 e.